The van der Waals surface area contributed by atoms with Crippen LogP contribution in [-0.4, -0.2) is 54.3 Å². The van der Waals surface area contributed by atoms with Crippen molar-refractivity contribution < 1.29 is 22.8 Å². The minimum Gasteiger partial charge on any atom is -0.340 e. The fourth-order valence-corrected chi connectivity index (χ4v) is 3.93. The Labute approximate surface area is 171 Å². The molecular weight excluding hydrogens is 403 g/mol. The first-order chi connectivity index (χ1) is 13.8. The Balaban J connectivity index is 1.45. The molecule has 1 aliphatic rings. The fraction of sp³-hybridized carbons (Fsp3) is 0.400. The van der Waals surface area contributed by atoms with Gasteiger partial charge in [-0.1, -0.05) is 12.1 Å². The molecular formula is C20H22F3N3O2S. The van der Waals surface area contributed by atoms with E-state index in [1.54, 1.807) is 16.2 Å². The molecule has 5 nitrogen and oxygen atoms in total. The van der Waals surface area contributed by atoms with Gasteiger partial charge in [-0.05, 0) is 40.9 Å². The molecule has 0 aliphatic carbocycles. The van der Waals surface area contributed by atoms with E-state index >= 15 is 0 Å². The summed E-state index contributed by atoms with van der Waals surface area (Å²) in [5.41, 5.74) is 0.0411. The van der Waals surface area contributed by atoms with Gasteiger partial charge in [-0.3, -0.25) is 14.5 Å². The number of alkyl halides is 3. The number of hydrogen-bond acceptors (Lipinski definition) is 4. The van der Waals surface area contributed by atoms with Crippen LogP contribution < -0.4 is 5.32 Å². The Bertz CT molecular complexity index is 832. The summed E-state index contributed by atoms with van der Waals surface area (Å²) < 4.78 is 39.1. The van der Waals surface area contributed by atoms with Gasteiger partial charge in [0.15, 0.2) is 0 Å². The number of rotatable bonds is 6. The van der Waals surface area contributed by atoms with E-state index in [-0.39, 0.29) is 18.1 Å². The number of hydrogen-bond donors (Lipinski definition) is 1. The number of aryl methyl sites for hydroxylation is 1. The van der Waals surface area contributed by atoms with Gasteiger partial charge >= 0.3 is 6.18 Å². The zero-order valence-corrected chi connectivity index (χ0v) is 16.6. The van der Waals surface area contributed by atoms with Crippen LogP contribution in [-0.2, 0) is 22.2 Å². The van der Waals surface area contributed by atoms with Crippen molar-refractivity contribution in [2.45, 2.75) is 19.0 Å². The number of benzene rings is 1. The molecule has 2 heterocycles. The number of thiophene rings is 1. The smallest absolute Gasteiger partial charge is 0.340 e. The number of piperazine rings is 1. The molecule has 0 radical (unpaired) electrons. The second kappa shape index (κ2) is 9.41. The van der Waals surface area contributed by atoms with E-state index in [2.05, 4.69) is 5.32 Å². The standard InChI is InChI=1S/C20H22F3N3O2S/c21-20(22,23)16-3-1-2-4-17(16)24-18(27)13-25-8-10-26(11-9-25)19(28)6-5-15-7-12-29-14-15/h1-4,7,12,14H,5-6,8-11,13H2,(H,24,27). The molecule has 0 saturated carbocycles. The van der Waals surface area contributed by atoms with Crippen LogP contribution in [0.5, 0.6) is 0 Å². The molecule has 156 valence electrons. The maximum atomic E-state index is 13.0. The molecule has 0 spiro atoms. The first-order valence-corrected chi connectivity index (χ1v) is 10.2. The molecule has 29 heavy (non-hydrogen) atoms. The third-order valence-electron chi connectivity index (χ3n) is 4.81. The van der Waals surface area contributed by atoms with Gasteiger partial charge in [0.1, 0.15) is 0 Å². The van der Waals surface area contributed by atoms with E-state index in [0.29, 0.717) is 39.0 Å². The van der Waals surface area contributed by atoms with Crippen molar-refractivity contribution in [3.8, 4) is 0 Å². The van der Waals surface area contributed by atoms with Gasteiger partial charge in [-0.2, -0.15) is 24.5 Å². The van der Waals surface area contributed by atoms with Crippen molar-refractivity contribution in [3.05, 3.63) is 52.2 Å². The number of nitrogens with zero attached hydrogens (tertiary/aromatic N) is 2. The van der Waals surface area contributed by atoms with Crippen LogP contribution in [0, 0.1) is 0 Å². The lowest BCUT2D eigenvalue weighted by Crippen LogP contribution is -2.50. The summed E-state index contributed by atoms with van der Waals surface area (Å²) in [5, 5.41) is 6.37. The third kappa shape index (κ3) is 6.04. The van der Waals surface area contributed by atoms with Crippen LogP contribution >= 0.6 is 11.3 Å². The Morgan fingerprint density at radius 3 is 2.45 bits per heavy atom. The van der Waals surface area contributed by atoms with Crippen LogP contribution in [0.25, 0.3) is 0 Å². The second-order valence-corrected chi connectivity index (χ2v) is 7.66. The molecule has 0 bridgehead atoms. The Kier molecular flexibility index (Phi) is 6.92. The summed E-state index contributed by atoms with van der Waals surface area (Å²) in [4.78, 5) is 28.1. The Morgan fingerprint density at radius 2 is 1.79 bits per heavy atom. The highest BCUT2D eigenvalue weighted by atomic mass is 32.1. The van der Waals surface area contributed by atoms with Gasteiger partial charge in [0.2, 0.25) is 11.8 Å². The van der Waals surface area contributed by atoms with Crippen LogP contribution in [0.3, 0.4) is 0 Å². The van der Waals surface area contributed by atoms with E-state index in [1.807, 2.05) is 21.7 Å². The lowest BCUT2D eigenvalue weighted by molar-refractivity contribution is -0.137. The Morgan fingerprint density at radius 1 is 1.07 bits per heavy atom. The molecule has 1 N–H and O–H groups in total. The van der Waals surface area contributed by atoms with E-state index in [0.717, 1.165) is 11.6 Å². The number of nitrogens with one attached hydrogen (secondary N) is 1. The molecule has 3 rings (SSSR count). The molecule has 0 atom stereocenters. The van der Waals surface area contributed by atoms with Crippen molar-refractivity contribution >= 4 is 28.8 Å². The zero-order valence-electron chi connectivity index (χ0n) is 15.7. The molecule has 2 aromatic rings. The molecule has 1 fully saturated rings. The summed E-state index contributed by atoms with van der Waals surface area (Å²) in [6.45, 7) is 2.03. The molecule has 1 saturated heterocycles. The summed E-state index contributed by atoms with van der Waals surface area (Å²) in [7, 11) is 0. The fourth-order valence-electron chi connectivity index (χ4n) is 3.23. The van der Waals surface area contributed by atoms with Gasteiger partial charge in [-0.15, -0.1) is 0 Å². The normalized spacial score (nSPS) is 15.3. The number of carbonyl (C=O) groups is 2. The van der Waals surface area contributed by atoms with E-state index in [4.69, 9.17) is 0 Å². The first-order valence-electron chi connectivity index (χ1n) is 9.30. The molecule has 1 aromatic carbocycles. The van der Waals surface area contributed by atoms with Crippen LogP contribution in [0.2, 0.25) is 0 Å². The topological polar surface area (TPSA) is 52.7 Å². The SMILES string of the molecule is O=C(CN1CCN(C(=O)CCc2ccsc2)CC1)Nc1ccccc1C(F)(F)F. The maximum absolute atomic E-state index is 13.0. The largest absolute Gasteiger partial charge is 0.418 e. The van der Waals surface area contributed by atoms with Crippen molar-refractivity contribution in [2.75, 3.05) is 38.0 Å². The van der Waals surface area contributed by atoms with Gasteiger partial charge in [-0.25, -0.2) is 0 Å². The molecule has 1 aromatic heterocycles. The monoisotopic (exact) mass is 425 g/mol. The summed E-state index contributed by atoms with van der Waals surface area (Å²) in [6, 6.07) is 6.92. The molecule has 2 amide bonds. The molecule has 9 heteroatoms. The maximum Gasteiger partial charge on any atom is 0.418 e. The minimum atomic E-state index is -4.53. The number of anilines is 1. The highest BCUT2D eigenvalue weighted by Crippen LogP contribution is 2.34. The highest BCUT2D eigenvalue weighted by molar-refractivity contribution is 7.07. The van der Waals surface area contributed by atoms with Crippen molar-refractivity contribution in [1.82, 2.24) is 9.80 Å². The van der Waals surface area contributed by atoms with Crippen LogP contribution in [0.15, 0.2) is 41.1 Å². The Hall–Kier alpha value is -2.39. The van der Waals surface area contributed by atoms with Crippen LogP contribution in [0.4, 0.5) is 18.9 Å². The minimum absolute atomic E-state index is 0.0108. The lowest BCUT2D eigenvalue weighted by atomic mass is 10.1. The van der Waals surface area contributed by atoms with Crippen molar-refractivity contribution in [1.29, 1.82) is 0 Å². The summed E-state index contributed by atoms with van der Waals surface area (Å²) in [5.74, 6) is -0.418. The van der Waals surface area contributed by atoms with E-state index in [9.17, 15) is 22.8 Å². The van der Waals surface area contributed by atoms with Crippen LogP contribution in [0.1, 0.15) is 17.5 Å². The number of para-hydroxylation sites is 1. The predicted molar refractivity (Wildman–Crippen MR) is 106 cm³/mol. The van der Waals surface area contributed by atoms with Gasteiger partial charge in [0.25, 0.3) is 0 Å². The first kappa shape index (κ1) is 21.3. The van der Waals surface area contributed by atoms with E-state index < -0.39 is 17.6 Å². The number of halogens is 3. The van der Waals surface area contributed by atoms with Gasteiger partial charge in [0.05, 0.1) is 17.8 Å². The van der Waals surface area contributed by atoms with Crippen molar-refractivity contribution in [3.63, 3.8) is 0 Å². The lowest BCUT2D eigenvalue weighted by Gasteiger charge is -2.34. The van der Waals surface area contributed by atoms with Gasteiger partial charge < -0.3 is 10.2 Å². The quantitative estimate of drug-likeness (QED) is 0.771. The second-order valence-electron chi connectivity index (χ2n) is 6.88. The van der Waals surface area contributed by atoms with Gasteiger partial charge in [0, 0.05) is 32.6 Å². The average Bonchev–Trinajstić information content (AvgIpc) is 3.20. The van der Waals surface area contributed by atoms with Crippen molar-refractivity contribution in [2.24, 2.45) is 0 Å². The third-order valence-corrected chi connectivity index (χ3v) is 5.54. The predicted octanol–water partition coefficient (Wildman–Crippen LogP) is 3.48. The zero-order chi connectivity index (χ0) is 20.9. The van der Waals surface area contributed by atoms with E-state index in [1.165, 1.54) is 18.2 Å². The number of amides is 2. The number of carbonyl (C=O) groups excluding carboxylic acids is 2. The highest BCUT2D eigenvalue weighted by Gasteiger charge is 2.33. The molecule has 0 unspecified atom stereocenters. The average molecular weight is 425 g/mol. The summed E-state index contributed by atoms with van der Waals surface area (Å²) in [6.07, 6.45) is -3.37. The molecule has 1 aliphatic heterocycles. The summed E-state index contributed by atoms with van der Waals surface area (Å²) >= 11 is 1.60.